The van der Waals surface area contributed by atoms with Gasteiger partial charge in [-0.05, 0) is 23.8 Å². The molecule has 1 rings (SSSR count). The van der Waals surface area contributed by atoms with Crippen molar-refractivity contribution in [2.45, 2.75) is 6.10 Å². The Labute approximate surface area is 118 Å². The number of carbonyl (C=O) groups is 3. The molecule has 0 amide bonds. The van der Waals surface area contributed by atoms with Gasteiger partial charge in [0.15, 0.2) is 11.5 Å². The summed E-state index contributed by atoms with van der Waals surface area (Å²) in [7, 11) is 1.35. The van der Waals surface area contributed by atoms with Crippen LogP contribution in [0.15, 0.2) is 24.3 Å². The van der Waals surface area contributed by atoms with Crippen molar-refractivity contribution in [3.8, 4) is 11.5 Å². The monoisotopic (exact) mass is 296 g/mol. The van der Waals surface area contributed by atoms with Crippen molar-refractivity contribution in [1.82, 2.24) is 0 Å². The number of benzene rings is 1. The molecule has 112 valence electrons. The fourth-order valence-electron chi connectivity index (χ4n) is 1.32. The molecule has 0 saturated carbocycles. The molecule has 0 atom stereocenters. The van der Waals surface area contributed by atoms with Crippen LogP contribution in [0.25, 0.3) is 6.08 Å². The third-order valence-corrected chi connectivity index (χ3v) is 2.30. The van der Waals surface area contributed by atoms with Gasteiger partial charge < -0.3 is 24.8 Å². The predicted octanol–water partition coefficient (Wildman–Crippen LogP) is 0.495. The Morgan fingerprint density at radius 1 is 1.19 bits per heavy atom. The zero-order valence-electron chi connectivity index (χ0n) is 10.8. The van der Waals surface area contributed by atoms with E-state index in [0.717, 1.165) is 6.08 Å². The number of methoxy groups -OCH3 is 1. The smallest absolute Gasteiger partial charge is 0.356 e. The first kappa shape index (κ1) is 16.0. The van der Waals surface area contributed by atoms with Gasteiger partial charge in [-0.15, -0.1) is 0 Å². The van der Waals surface area contributed by atoms with E-state index in [0.29, 0.717) is 5.56 Å². The number of carbonyl (C=O) groups excluding carboxylic acids is 1. The van der Waals surface area contributed by atoms with Crippen LogP contribution in [0.1, 0.15) is 5.56 Å². The SMILES string of the molecule is COc1cc(/C=C/C(=O)OC(C(=O)O)C(=O)O)ccc1O. The first-order chi connectivity index (χ1) is 9.85. The van der Waals surface area contributed by atoms with E-state index in [1.54, 1.807) is 0 Å². The minimum atomic E-state index is -2.27. The number of hydrogen-bond donors (Lipinski definition) is 3. The van der Waals surface area contributed by atoms with Crippen LogP contribution in [-0.2, 0) is 19.1 Å². The summed E-state index contributed by atoms with van der Waals surface area (Å²) in [5.41, 5.74) is 0.462. The second-order valence-electron chi connectivity index (χ2n) is 3.76. The van der Waals surface area contributed by atoms with Crippen LogP contribution in [0.2, 0.25) is 0 Å². The van der Waals surface area contributed by atoms with Gasteiger partial charge in [-0.1, -0.05) is 6.07 Å². The fraction of sp³-hybridized carbons (Fsp3) is 0.154. The molecule has 0 fully saturated rings. The molecule has 1 aromatic rings. The largest absolute Gasteiger partial charge is 0.504 e. The number of phenols is 1. The molecular weight excluding hydrogens is 284 g/mol. The quantitative estimate of drug-likeness (QED) is 0.393. The van der Waals surface area contributed by atoms with Crippen molar-refractivity contribution in [3.63, 3.8) is 0 Å². The number of rotatable bonds is 6. The van der Waals surface area contributed by atoms with Crippen LogP contribution >= 0.6 is 0 Å². The van der Waals surface area contributed by atoms with Gasteiger partial charge in [-0.2, -0.15) is 0 Å². The number of aliphatic carboxylic acids is 2. The van der Waals surface area contributed by atoms with E-state index in [2.05, 4.69) is 4.74 Å². The number of phenolic OH excluding ortho intramolecular Hbond substituents is 1. The number of carboxylic acids is 2. The number of ether oxygens (including phenoxy) is 2. The molecule has 0 aliphatic carbocycles. The van der Waals surface area contributed by atoms with Crippen molar-refractivity contribution in [3.05, 3.63) is 29.8 Å². The topological polar surface area (TPSA) is 130 Å². The summed E-state index contributed by atoms with van der Waals surface area (Å²) in [6.07, 6.45) is -0.146. The Morgan fingerprint density at radius 3 is 2.33 bits per heavy atom. The maximum Gasteiger partial charge on any atom is 0.356 e. The van der Waals surface area contributed by atoms with Crippen molar-refractivity contribution in [2.24, 2.45) is 0 Å². The van der Waals surface area contributed by atoms with Crippen molar-refractivity contribution >= 4 is 24.0 Å². The highest BCUT2D eigenvalue weighted by Gasteiger charge is 2.29. The molecule has 8 nitrogen and oxygen atoms in total. The fourth-order valence-corrected chi connectivity index (χ4v) is 1.32. The number of esters is 1. The summed E-state index contributed by atoms with van der Waals surface area (Å²) in [5, 5.41) is 26.5. The van der Waals surface area contributed by atoms with Gasteiger partial charge in [0.05, 0.1) is 7.11 Å². The highest BCUT2D eigenvalue weighted by atomic mass is 16.6. The van der Waals surface area contributed by atoms with E-state index in [1.807, 2.05) is 0 Å². The summed E-state index contributed by atoms with van der Waals surface area (Å²) in [4.78, 5) is 32.4. The van der Waals surface area contributed by atoms with Gasteiger partial charge in [-0.3, -0.25) is 0 Å². The van der Waals surface area contributed by atoms with Crippen LogP contribution < -0.4 is 4.74 Å². The van der Waals surface area contributed by atoms with Gasteiger partial charge in [0.1, 0.15) is 0 Å². The van der Waals surface area contributed by atoms with Gasteiger partial charge in [0.25, 0.3) is 6.10 Å². The average molecular weight is 296 g/mol. The normalized spacial score (nSPS) is 10.6. The Kier molecular flexibility index (Phi) is 5.30. The van der Waals surface area contributed by atoms with Crippen molar-refractivity contribution in [2.75, 3.05) is 7.11 Å². The van der Waals surface area contributed by atoms with E-state index in [1.165, 1.54) is 31.4 Å². The van der Waals surface area contributed by atoms with E-state index < -0.39 is 24.0 Å². The van der Waals surface area contributed by atoms with Crippen LogP contribution in [0, 0.1) is 0 Å². The number of carboxylic acid groups (broad SMARTS) is 2. The van der Waals surface area contributed by atoms with Crippen LogP contribution in [-0.4, -0.2) is 46.4 Å². The molecule has 1 aromatic carbocycles. The lowest BCUT2D eigenvalue weighted by Gasteiger charge is -2.07. The maximum atomic E-state index is 11.3. The molecule has 0 bridgehead atoms. The number of aromatic hydroxyl groups is 1. The highest BCUT2D eigenvalue weighted by Crippen LogP contribution is 2.26. The van der Waals surface area contributed by atoms with Crippen LogP contribution in [0.4, 0.5) is 0 Å². The molecule has 0 saturated heterocycles. The number of hydrogen-bond acceptors (Lipinski definition) is 6. The van der Waals surface area contributed by atoms with Crippen LogP contribution in [0.3, 0.4) is 0 Å². The lowest BCUT2D eigenvalue weighted by molar-refractivity contribution is -0.172. The molecule has 0 aromatic heterocycles. The Hall–Kier alpha value is -3.03. The zero-order chi connectivity index (χ0) is 16.0. The van der Waals surface area contributed by atoms with Crippen LogP contribution in [0.5, 0.6) is 11.5 Å². The van der Waals surface area contributed by atoms with E-state index >= 15 is 0 Å². The molecule has 0 unspecified atom stereocenters. The minimum Gasteiger partial charge on any atom is -0.504 e. The first-order valence-electron chi connectivity index (χ1n) is 5.56. The summed E-state index contributed by atoms with van der Waals surface area (Å²) >= 11 is 0. The molecule has 0 spiro atoms. The summed E-state index contributed by atoms with van der Waals surface area (Å²) in [6.45, 7) is 0. The van der Waals surface area contributed by atoms with E-state index in [-0.39, 0.29) is 11.5 Å². The Balaban J connectivity index is 2.78. The molecular formula is C13H12O8. The average Bonchev–Trinajstić information content (AvgIpc) is 2.43. The summed E-state index contributed by atoms with van der Waals surface area (Å²) in [5.74, 6) is -4.60. The Morgan fingerprint density at radius 2 is 1.81 bits per heavy atom. The van der Waals surface area contributed by atoms with Gasteiger partial charge in [0, 0.05) is 6.08 Å². The molecule has 8 heteroatoms. The Bertz CT molecular complexity index is 576. The molecule has 3 N–H and O–H groups in total. The molecule has 0 aliphatic rings. The summed E-state index contributed by atoms with van der Waals surface area (Å²) in [6, 6.07) is 4.22. The van der Waals surface area contributed by atoms with Crippen molar-refractivity contribution in [1.29, 1.82) is 0 Å². The molecule has 0 heterocycles. The third-order valence-electron chi connectivity index (χ3n) is 2.30. The maximum absolute atomic E-state index is 11.3. The highest BCUT2D eigenvalue weighted by molar-refractivity contribution is 5.99. The van der Waals surface area contributed by atoms with Crippen molar-refractivity contribution < 1.29 is 39.2 Å². The van der Waals surface area contributed by atoms with Gasteiger partial charge in [-0.25, -0.2) is 14.4 Å². The summed E-state index contributed by atoms with van der Waals surface area (Å²) < 4.78 is 9.13. The predicted molar refractivity (Wildman–Crippen MR) is 68.8 cm³/mol. The lowest BCUT2D eigenvalue weighted by Crippen LogP contribution is -2.34. The van der Waals surface area contributed by atoms with E-state index in [4.69, 9.17) is 14.9 Å². The van der Waals surface area contributed by atoms with E-state index in [9.17, 15) is 19.5 Å². The van der Waals surface area contributed by atoms with Gasteiger partial charge >= 0.3 is 17.9 Å². The second-order valence-corrected chi connectivity index (χ2v) is 3.76. The lowest BCUT2D eigenvalue weighted by atomic mass is 10.2. The molecule has 0 radical (unpaired) electrons. The zero-order valence-corrected chi connectivity index (χ0v) is 10.8. The molecule has 21 heavy (non-hydrogen) atoms. The third kappa shape index (κ3) is 4.53. The molecule has 0 aliphatic heterocycles. The first-order valence-corrected chi connectivity index (χ1v) is 5.56. The minimum absolute atomic E-state index is 0.0888. The van der Waals surface area contributed by atoms with Gasteiger partial charge in [0.2, 0.25) is 0 Å². The second kappa shape index (κ2) is 6.94. The standard InChI is InChI=1S/C13H12O8/c1-20-9-6-7(2-4-8(9)14)3-5-10(15)21-11(12(16)17)13(18)19/h2-6,11,14H,1H3,(H,16,17)(H,18,19)/b5-3+.